The van der Waals surface area contributed by atoms with Crippen LogP contribution in [0.3, 0.4) is 0 Å². The van der Waals surface area contributed by atoms with Crippen LogP contribution in [0.25, 0.3) is 0 Å². The average molecular weight is 264 g/mol. The number of piperazine rings is 1. The number of hydrogen-bond donors (Lipinski definition) is 0. The lowest BCUT2D eigenvalue weighted by Gasteiger charge is -2.45. The Bertz CT molecular complexity index is 487. The summed E-state index contributed by atoms with van der Waals surface area (Å²) in [7, 11) is 0. The van der Waals surface area contributed by atoms with E-state index in [1.54, 1.807) is 16.7 Å². The van der Waals surface area contributed by atoms with Crippen LogP contribution in [0.5, 0.6) is 0 Å². The van der Waals surface area contributed by atoms with E-state index in [-0.39, 0.29) is 24.4 Å². The molecule has 0 bridgehead atoms. The van der Waals surface area contributed by atoms with Crippen molar-refractivity contribution in [1.82, 2.24) is 19.9 Å². The predicted octanol–water partition coefficient (Wildman–Crippen LogP) is 0.181. The molecule has 0 saturated carbocycles. The van der Waals surface area contributed by atoms with Crippen LogP contribution in [0.1, 0.15) is 32.0 Å². The third-order valence-corrected chi connectivity index (χ3v) is 3.90. The number of carbonyl (C=O) groups is 2. The molecule has 2 aliphatic rings. The molecule has 1 aromatic heterocycles. The van der Waals surface area contributed by atoms with Crippen LogP contribution in [-0.2, 0) is 16.1 Å². The maximum atomic E-state index is 12.5. The van der Waals surface area contributed by atoms with E-state index in [2.05, 4.69) is 14.7 Å². The van der Waals surface area contributed by atoms with Gasteiger partial charge in [-0.2, -0.15) is 4.98 Å². The average Bonchev–Trinajstić information content (AvgIpc) is 2.94. The minimum absolute atomic E-state index is 0.00315. The minimum atomic E-state index is -0.458. The van der Waals surface area contributed by atoms with Gasteiger partial charge >= 0.3 is 0 Å². The number of piperidine rings is 1. The van der Waals surface area contributed by atoms with Crippen molar-refractivity contribution in [2.45, 2.75) is 44.8 Å². The third kappa shape index (κ3) is 1.98. The second-order valence-corrected chi connectivity index (χ2v) is 5.03. The van der Waals surface area contributed by atoms with E-state index in [9.17, 15) is 9.59 Å². The van der Waals surface area contributed by atoms with Gasteiger partial charge in [0.1, 0.15) is 12.1 Å². The third-order valence-electron chi connectivity index (χ3n) is 3.90. The number of fused-ring (bicyclic) bond motifs is 1. The van der Waals surface area contributed by atoms with Crippen LogP contribution in [-0.4, -0.2) is 50.4 Å². The number of carbonyl (C=O) groups excluding carboxylic acids is 2. The van der Waals surface area contributed by atoms with Crippen LogP contribution in [0, 0.1) is 0 Å². The molecule has 0 spiro atoms. The van der Waals surface area contributed by atoms with Gasteiger partial charge in [-0.25, -0.2) is 0 Å². The molecule has 3 rings (SSSR count). The van der Waals surface area contributed by atoms with Gasteiger partial charge in [-0.15, -0.1) is 0 Å². The Morgan fingerprint density at radius 2 is 2.21 bits per heavy atom. The zero-order chi connectivity index (χ0) is 13.4. The normalized spacial score (nSPS) is 27.6. The lowest BCUT2D eigenvalue weighted by molar-refractivity contribution is -0.163. The largest absolute Gasteiger partial charge is 0.343 e. The summed E-state index contributed by atoms with van der Waals surface area (Å²) >= 11 is 0. The number of hydrogen-bond acceptors (Lipinski definition) is 5. The molecule has 2 fully saturated rings. The van der Waals surface area contributed by atoms with E-state index >= 15 is 0 Å². The minimum Gasteiger partial charge on any atom is -0.343 e. The number of rotatable bonds is 2. The highest BCUT2D eigenvalue weighted by atomic mass is 16.5. The van der Waals surface area contributed by atoms with Gasteiger partial charge in [0.05, 0.1) is 6.54 Å². The van der Waals surface area contributed by atoms with Gasteiger partial charge in [0.25, 0.3) is 0 Å². The first kappa shape index (κ1) is 12.1. The predicted molar refractivity (Wildman–Crippen MR) is 63.7 cm³/mol. The van der Waals surface area contributed by atoms with E-state index in [0.717, 1.165) is 19.3 Å². The summed E-state index contributed by atoms with van der Waals surface area (Å²) in [6, 6.07) is -0.760. The van der Waals surface area contributed by atoms with Crippen molar-refractivity contribution in [3.8, 4) is 0 Å². The van der Waals surface area contributed by atoms with Crippen LogP contribution in [0.4, 0.5) is 0 Å². The van der Waals surface area contributed by atoms with Crippen molar-refractivity contribution < 1.29 is 14.1 Å². The molecular formula is C12H16N4O3. The molecule has 3 heterocycles. The quantitative estimate of drug-likeness (QED) is 0.761. The Kier molecular flexibility index (Phi) is 2.96. The Morgan fingerprint density at radius 1 is 1.37 bits per heavy atom. The topological polar surface area (TPSA) is 79.5 Å². The first-order valence-corrected chi connectivity index (χ1v) is 6.54. The zero-order valence-corrected chi connectivity index (χ0v) is 10.8. The smallest absolute Gasteiger partial charge is 0.246 e. The monoisotopic (exact) mass is 264 g/mol. The number of nitrogens with zero attached hydrogens (tertiary/aromatic N) is 4. The Labute approximate surface area is 110 Å². The maximum absolute atomic E-state index is 12.5. The second kappa shape index (κ2) is 4.64. The Morgan fingerprint density at radius 3 is 2.95 bits per heavy atom. The highest BCUT2D eigenvalue weighted by Crippen LogP contribution is 2.26. The summed E-state index contributed by atoms with van der Waals surface area (Å²) in [4.78, 5) is 32.0. The van der Waals surface area contributed by atoms with Crippen molar-refractivity contribution >= 4 is 11.8 Å². The molecule has 7 nitrogen and oxygen atoms in total. The molecule has 2 amide bonds. The van der Waals surface area contributed by atoms with E-state index in [4.69, 9.17) is 0 Å². The van der Waals surface area contributed by atoms with Crippen LogP contribution >= 0.6 is 0 Å². The zero-order valence-electron chi connectivity index (χ0n) is 10.8. The fourth-order valence-electron chi connectivity index (χ4n) is 2.84. The molecule has 0 N–H and O–H groups in total. The summed E-state index contributed by atoms with van der Waals surface area (Å²) < 4.78 is 4.67. The maximum Gasteiger partial charge on any atom is 0.246 e. The fraction of sp³-hybridized carbons (Fsp3) is 0.667. The molecule has 0 aliphatic carbocycles. The molecule has 102 valence electrons. The molecule has 7 heteroatoms. The van der Waals surface area contributed by atoms with Crippen molar-refractivity contribution in [1.29, 1.82) is 0 Å². The molecular weight excluding hydrogens is 248 g/mol. The van der Waals surface area contributed by atoms with E-state index in [0.29, 0.717) is 12.4 Å². The first-order chi connectivity index (χ1) is 9.18. The second-order valence-electron chi connectivity index (χ2n) is 5.03. The summed E-state index contributed by atoms with van der Waals surface area (Å²) in [5, 5.41) is 3.70. The highest BCUT2D eigenvalue weighted by molar-refractivity contribution is 5.96. The first-order valence-electron chi connectivity index (χ1n) is 6.54. The Balaban J connectivity index is 1.83. The van der Waals surface area contributed by atoms with Crippen molar-refractivity contribution in [2.24, 2.45) is 0 Å². The van der Waals surface area contributed by atoms with E-state index in [1.165, 1.54) is 6.39 Å². The molecule has 19 heavy (non-hydrogen) atoms. The standard InChI is InChI=1S/C12H16N4O3/c1-8-11(17)15-5-3-2-4-9(15)12(18)16(8)6-10-13-7-19-14-10/h7-9H,2-6H2,1H3. The van der Waals surface area contributed by atoms with Crippen LogP contribution in [0.2, 0.25) is 0 Å². The summed E-state index contributed by atoms with van der Waals surface area (Å²) in [5.74, 6) is 0.446. The summed E-state index contributed by atoms with van der Waals surface area (Å²) in [6.45, 7) is 2.67. The van der Waals surface area contributed by atoms with Gasteiger partial charge in [0.15, 0.2) is 5.82 Å². The lowest BCUT2D eigenvalue weighted by Crippen LogP contribution is -2.64. The fourth-order valence-corrected chi connectivity index (χ4v) is 2.84. The molecule has 0 radical (unpaired) electrons. The lowest BCUT2D eigenvalue weighted by atomic mass is 9.96. The van der Waals surface area contributed by atoms with Crippen molar-refractivity contribution in [2.75, 3.05) is 6.54 Å². The van der Waals surface area contributed by atoms with E-state index in [1.807, 2.05) is 0 Å². The van der Waals surface area contributed by atoms with Gasteiger partial charge in [-0.05, 0) is 26.2 Å². The van der Waals surface area contributed by atoms with Crippen LogP contribution < -0.4 is 0 Å². The number of aromatic nitrogens is 2. The van der Waals surface area contributed by atoms with Gasteiger partial charge in [0, 0.05) is 6.54 Å². The van der Waals surface area contributed by atoms with Gasteiger partial charge in [-0.1, -0.05) is 5.16 Å². The van der Waals surface area contributed by atoms with Crippen molar-refractivity contribution in [3.63, 3.8) is 0 Å². The molecule has 0 aromatic carbocycles. The number of amides is 2. The molecule has 2 aliphatic heterocycles. The Hall–Kier alpha value is -1.92. The summed E-state index contributed by atoms with van der Waals surface area (Å²) in [6.07, 6.45) is 3.95. The van der Waals surface area contributed by atoms with Gasteiger partial charge in [-0.3, -0.25) is 9.59 Å². The summed E-state index contributed by atoms with van der Waals surface area (Å²) in [5.41, 5.74) is 0. The SMILES string of the molecule is CC1C(=O)N2CCCCC2C(=O)N1Cc1ncon1. The van der Waals surface area contributed by atoms with Crippen LogP contribution in [0.15, 0.2) is 10.9 Å². The van der Waals surface area contributed by atoms with Gasteiger partial charge in [0.2, 0.25) is 18.2 Å². The van der Waals surface area contributed by atoms with E-state index < -0.39 is 6.04 Å². The molecule has 2 atom stereocenters. The molecule has 2 unspecified atom stereocenters. The van der Waals surface area contributed by atoms with Gasteiger partial charge < -0.3 is 14.3 Å². The highest BCUT2D eigenvalue weighted by Gasteiger charge is 2.44. The molecule has 1 aromatic rings. The molecule has 2 saturated heterocycles. The van der Waals surface area contributed by atoms with Crippen molar-refractivity contribution in [3.05, 3.63) is 12.2 Å².